The lowest BCUT2D eigenvalue weighted by atomic mass is 9.96. The Kier molecular flexibility index (Phi) is 2.41. The van der Waals surface area contributed by atoms with Gasteiger partial charge in [-0.05, 0) is 43.4 Å². The molecule has 2 rings (SSSR count). The highest BCUT2D eigenvalue weighted by Gasteiger charge is 2.41. The molecule has 1 aliphatic rings. The maximum absolute atomic E-state index is 9.65. The molecule has 0 spiro atoms. The second-order valence-corrected chi connectivity index (χ2v) is 4.53. The number of hydrogen-bond acceptors (Lipinski definition) is 2. The molecule has 1 saturated carbocycles. The number of phenols is 1. The van der Waals surface area contributed by atoms with E-state index in [-0.39, 0.29) is 11.2 Å². The summed E-state index contributed by atoms with van der Waals surface area (Å²) in [6, 6.07) is 5.24. The first-order valence-electron chi connectivity index (χ1n) is 4.83. The van der Waals surface area contributed by atoms with Gasteiger partial charge in [0.05, 0.1) is 0 Å². The number of aromatic hydroxyl groups is 1. The fraction of sp³-hybridized carbons (Fsp3) is 0.455. The fourth-order valence-corrected chi connectivity index (χ4v) is 1.96. The van der Waals surface area contributed by atoms with Gasteiger partial charge in [-0.2, -0.15) is 0 Å². The molecule has 0 aliphatic heterocycles. The number of benzene rings is 1. The molecule has 0 aromatic heterocycles. The van der Waals surface area contributed by atoms with Gasteiger partial charge in [0.25, 0.3) is 0 Å². The van der Waals surface area contributed by atoms with Gasteiger partial charge in [-0.1, -0.05) is 17.7 Å². The molecule has 76 valence electrons. The van der Waals surface area contributed by atoms with Crippen molar-refractivity contribution >= 4 is 11.6 Å². The molecule has 14 heavy (non-hydrogen) atoms. The zero-order chi connectivity index (χ0) is 10.2. The van der Waals surface area contributed by atoms with Crippen molar-refractivity contribution in [2.24, 2.45) is 11.1 Å². The van der Waals surface area contributed by atoms with Crippen LogP contribution in [-0.4, -0.2) is 11.7 Å². The van der Waals surface area contributed by atoms with Crippen LogP contribution in [0.5, 0.6) is 5.75 Å². The Morgan fingerprint density at radius 1 is 1.43 bits per heavy atom. The van der Waals surface area contributed by atoms with Gasteiger partial charge in [-0.3, -0.25) is 0 Å². The van der Waals surface area contributed by atoms with E-state index >= 15 is 0 Å². The number of rotatable bonds is 3. The normalized spacial score (nSPS) is 18.1. The van der Waals surface area contributed by atoms with Crippen LogP contribution in [0.25, 0.3) is 0 Å². The predicted octanol–water partition coefficient (Wildman–Crippen LogP) is 2.33. The third kappa shape index (κ3) is 1.72. The third-order valence-electron chi connectivity index (χ3n) is 3.04. The monoisotopic (exact) mass is 211 g/mol. The van der Waals surface area contributed by atoms with Crippen LogP contribution in [0.1, 0.15) is 18.4 Å². The summed E-state index contributed by atoms with van der Waals surface area (Å²) >= 11 is 6.02. The van der Waals surface area contributed by atoms with Gasteiger partial charge in [0.2, 0.25) is 0 Å². The van der Waals surface area contributed by atoms with Crippen LogP contribution in [0.3, 0.4) is 0 Å². The van der Waals surface area contributed by atoms with Gasteiger partial charge in [-0.15, -0.1) is 0 Å². The summed E-state index contributed by atoms with van der Waals surface area (Å²) in [6.45, 7) is 0.678. The van der Waals surface area contributed by atoms with Gasteiger partial charge < -0.3 is 10.8 Å². The van der Waals surface area contributed by atoms with Crippen LogP contribution in [-0.2, 0) is 6.42 Å². The molecule has 1 aromatic carbocycles. The van der Waals surface area contributed by atoms with Gasteiger partial charge in [0.15, 0.2) is 0 Å². The molecule has 1 fully saturated rings. The van der Waals surface area contributed by atoms with E-state index in [0.29, 0.717) is 11.6 Å². The smallest absolute Gasteiger partial charge is 0.120 e. The summed E-state index contributed by atoms with van der Waals surface area (Å²) in [5.41, 5.74) is 6.75. The SMILES string of the molecule is NCC1(Cc2c(O)cccc2Cl)CC1. The molecule has 0 bridgehead atoms. The molecule has 0 atom stereocenters. The van der Waals surface area contributed by atoms with E-state index in [1.54, 1.807) is 12.1 Å². The lowest BCUT2D eigenvalue weighted by Gasteiger charge is -2.14. The van der Waals surface area contributed by atoms with Gasteiger partial charge in [-0.25, -0.2) is 0 Å². The zero-order valence-electron chi connectivity index (χ0n) is 7.96. The van der Waals surface area contributed by atoms with Crippen molar-refractivity contribution in [1.82, 2.24) is 0 Å². The van der Waals surface area contributed by atoms with Crippen molar-refractivity contribution in [2.75, 3.05) is 6.54 Å². The lowest BCUT2D eigenvalue weighted by molar-refractivity contribution is 0.450. The Morgan fingerprint density at radius 3 is 2.64 bits per heavy atom. The van der Waals surface area contributed by atoms with E-state index in [4.69, 9.17) is 17.3 Å². The average Bonchev–Trinajstić information content (AvgIpc) is 2.93. The highest BCUT2D eigenvalue weighted by molar-refractivity contribution is 6.31. The summed E-state index contributed by atoms with van der Waals surface area (Å²) in [4.78, 5) is 0. The standard InChI is InChI=1S/C11H14ClNO/c12-9-2-1-3-10(14)8(9)6-11(7-13)4-5-11/h1-3,14H,4-7,13H2. The maximum Gasteiger partial charge on any atom is 0.120 e. The van der Waals surface area contributed by atoms with Crippen LogP contribution >= 0.6 is 11.6 Å². The van der Waals surface area contributed by atoms with Crippen LogP contribution in [0.4, 0.5) is 0 Å². The minimum absolute atomic E-state index is 0.211. The molecule has 0 radical (unpaired) electrons. The Hall–Kier alpha value is -0.730. The minimum Gasteiger partial charge on any atom is -0.508 e. The van der Waals surface area contributed by atoms with Crippen molar-refractivity contribution in [2.45, 2.75) is 19.3 Å². The molecule has 3 heteroatoms. The first-order valence-corrected chi connectivity index (χ1v) is 5.21. The van der Waals surface area contributed by atoms with Crippen molar-refractivity contribution in [3.8, 4) is 5.75 Å². The number of phenolic OH excluding ortho intramolecular Hbond substituents is 1. The summed E-state index contributed by atoms with van der Waals surface area (Å²) < 4.78 is 0. The molecule has 0 saturated heterocycles. The Morgan fingerprint density at radius 2 is 2.14 bits per heavy atom. The van der Waals surface area contributed by atoms with E-state index in [1.165, 1.54) is 0 Å². The largest absolute Gasteiger partial charge is 0.508 e. The Balaban J connectivity index is 2.24. The number of nitrogens with two attached hydrogens (primary N) is 1. The first kappa shape index (κ1) is 9.81. The molecule has 3 N–H and O–H groups in total. The van der Waals surface area contributed by atoms with Gasteiger partial charge >= 0.3 is 0 Å². The highest BCUT2D eigenvalue weighted by Crippen LogP contribution is 2.49. The van der Waals surface area contributed by atoms with E-state index in [0.717, 1.165) is 24.8 Å². The van der Waals surface area contributed by atoms with Crippen LogP contribution in [0.2, 0.25) is 5.02 Å². The molecule has 0 heterocycles. The minimum atomic E-state index is 0.211. The summed E-state index contributed by atoms with van der Waals surface area (Å²) in [5, 5.41) is 10.3. The predicted molar refractivity (Wildman–Crippen MR) is 57.5 cm³/mol. The number of hydrogen-bond donors (Lipinski definition) is 2. The Labute approximate surface area is 88.7 Å². The summed E-state index contributed by atoms with van der Waals surface area (Å²) in [6.07, 6.45) is 3.09. The highest BCUT2D eigenvalue weighted by atomic mass is 35.5. The van der Waals surface area contributed by atoms with Crippen LogP contribution in [0.15, 0.2) is 18.2 Å². The number of halogens is 1. The van der Waals surface area contributed by atoms with Crippen LogP contribution in [0, 0.1) is 5.41 Å². The van der Waals surface area contributed by atoms with Crippen LogP contribution < -0.4 is 5.73 Å². The van der Waals surface area contributed by atoms with Gasteiger partial charge in [0.1, 0.15) is 5.75 Å². The zero-order valence-corrected chi connectivity index (χ0v) is 8.72. The topological polar surface area (TPSA) is 46.2 Å². The molecule has 0 unspecified atom stereocenters. The van der Waals surface area contributed by atoms with E-state index in [1.807, 2.05) is 6.07 Å². The first-order chi connectivity index (χ1) is 6.67. The van der Waals surface area contributed by atoms with Crippen molar-refractivity contribution < 1.29 is 5.11 Å². The van der Waals surface area contributed by atoms with E-state index < -0.39 is 0 Å². The van der Waals surface area contributed by atoms with Crippen molar-refractivity contribution in [3.63, 3.8) is 0 Å². The molecule has 0 amide bonds. The Bertz CT molecular complexity index is 327. The second-order valence-electron chi connectivity index (χ2n) is 4.12. The quantitative estimate of drug-likeness (QED) is 0.806. The fourth-order valence-electron chi connectivity index (χ4n) is 1.73. The third-order valence-corrected chi connectivity index (χ3v) is 3.39. The van der Waals surface area contributed by atoms with Gasteiger partial charge in [0, 0.05) is 10.6 Å². The van der Waals surface area contributed by atoms with E-state index in [9.17, 15) is 5.11 Å². The average molecular weight is 212 g/mol. The second kappa shape index (κ2) is 3.44. The summed E-state index contributed by atoms with van der Waals surface area (Å²) in [7, 11) is 0. The molecule has 1 aromatic rings. The molecule has 2 nitrogen and oxygen atoms in total. The van der Waals surface area contributed by atoms with E-state index in [2.05, 4.69) is 0 Å². The molecule has 1 aliphatic carbocycles. The van der Waals surface area contributed by atoms with Crippen molar-refractivity contribution in [3.05, 3.63) is 28.8 Å². The molecular weight excluding hydrogens is 198 g/mol. The summed E-state index contributed by atoms with van der Waals surface area (Å²) in [5.74, 6) is 0.289. The maximum atomic E-state index is 9.65. The lowest BCUT2D eigenvalue weighted by Crippen LogP contribution is -2.18. The molecular formula is C11H14ClNO. The van der Waals surface area contributed by atoms with Crippen molar-refractivity contribution in [1.29, 1.82) is 0 Å².